The molecule has 1 fully saturated rings. The van der Waals surface area contributed by atoms with Gasteiger partial charge in [0.05, 0.1) is 5.75 Å². The van der Waals surface area contributed by atoms with Crippen LogP contribution in [-0.4, -0.2) is 17.6 Å². The van der Waals surface area contributed by atoms with Gasteiger partial charge in [-0.05, 0) is 41.3 Å². The first kappa shape index (κ1) is 17.5. The largest absolute Gasteiger partial charge is 0.326 e. The van der Waals surface area contributed by atoms with Crippen molar-refractivity contribution in [1.82, 2.24) is 0 Å². The van der Waals surface area contributed by atoms with Crippen LogP contribution in [0.15, 0.2) is 48.5 Å². The van der Waals surface area contributed by atoms with E-state index >= 15 is 0 Å². The zero-order chi connectivity index (χ0) is 18.0. The van der Waals surface area contributed by atoms with Gasteiger partial charge in [0.2, 0.25) is 11.8 Å². The fraction of sp³-hybridized carbons (Fsp3) is 0.300. The van der Waals surface area contributed by atoms with Gasteiger partial charge in [-0.25, -0.2) is 0 Å². The second-order valence-corrected chi connectivity index (χ2v) is 7.55. The molecule has 130 valence electrons. The number of anilines is 2. The first-order chi connectivity index (χ1) is 12.0. The molecular formula is C20H22N2O2S. The van der Waals surface area contributed by atoms with Crippen LogP contribution < -0.4 is 10.2 Å². The highest BCUT2D eigenvalue weighted by molar-refractivity contribution is 8.00. The molecule has 1 heterocycles. The van der Waals surface area contributed by atoms with Crippen LogP contribution in [0.3, 0.4) is 0 Å². The summed E-state index contributed by atoms with van der Waals surface area (Å²) in [6, 6.07) is 15.9. The second-order valence-electron chi connectivity index (χ2n) is 6.48. The van der Waals surface area contributed by atoms with E-state index in [0.29, 0.717) is 11.7 Å². The number of carbonyl (C=O) groups is 2. The topological polar surface area (TPSA) is 49.4 Å². The fourth-order valence-electron chi connectivity index (χ4n) is 2.90. The highest BCUT2D eigenvalue weighted by Crippen LogP contribution is 2.42. The summed E-state index contributed by atoms with van der Waals surface area (Å²) >= 11 is 1.63. The van der Waals surface area contributed by atoms with Gasteiger partial charge in [0.25, 0.3) is 0 Å². The number of nitrogens with zero attached hydrogens (tertiary/aromatic N) is 1. The molecule has 3 rings (SSSR count). The molecule has 0 aromatic heterocycles. The molecule has 0 unspecified atom stereocenters. The standard InChI is InChI=1S/C20H22N2O2S/c1-13(2)15-6-10-18(11-7-15)22-19(24)12-25-20(22)16-4-8-17(9-5-16)21-14(3)23/h4-11,13,20H,12H2,1-3H3,(H,21,23)/t20-/m0/s1. The number of nitrogens with one attached hydrogen (secondary N) is 1. The summed E-state index contributed by atoms with van der Waals surface area (Å²) in [5, 5.41) is 2.73. The van der Waals surface area contributed by atoms with Crippen LogP contribution in [-0.2, 0) is 9.59 Å². The number of hydrogen-bond donors (Lipinski definition) is 1. The van der Waals surface area contributed by atoms with E-state index in [1.807, 2.05) is 41.3 Å². The minimum absolute atomic E-state index is 0.0382. The van der Waals surface area contributed by atoms with E-state index in [0.717, 1.165) is 16.9 Å². The van der Waals surface area contributed by atoms with Gasteiger partial charge in [-0.1, -0.05) is 38.1 Å². The second kappa shape index (κ2) is 7.31. The average Bonchev–Trinajstić information content (AvgIpc) is 2.96. The average molecular weight is 354 g/mol. The van der Waals surface area contributed by atoms with Crippen molar-refractivity contribution in [1.29, 1.82) is 0 Å². The first-order valence-electron chi connectivity index (χ1n) is 8.37. The van der Waals surface area contributed by atoms with E-state index in [1.165, 1.54) is 12.5 Å². The van der Waals surface area contributed by atoms with Crippen molar-refractivity contribution in [3.63, 3.8) is 0 Å². The van der Waals surface area contributed by atoms with Gasteiger partial charge in [-0.15, -0.1) is 11.8 Å². The summed E-state index contributed by atoms with van der Waals surface area (Å²) < 4.78 is 0. The Kier molecular flexibility index (Phi) is 5.13. The molecule has 0 radical (unpaired) electrons. The van der Waals surface area contributed by atoms with Crippen molar-refractivity contribution in [2.75, 3.05) is 16.0 Å². The van der Waals surface area contributed by atoms with Crippen LogP contribution in [0.4, 0.5) is 11.4 Å². The Bertz CT molecular complexity index is 769. The third kappa shape index (κ3) is 3.87. The summed E-state index contributed by atoms with van der Waals surface area (Å²) in [5.74, 6) is 0.974. The van der Waals surface area contributed by atoms with E-state index in [4.69, 9.17) is 0 Å². The lowest BCUT2D eigenvalue weighted by Crippen LogP contribution is -2.27. The smallest absolute Gasteiger partial charge is 0.238 e. The third-order valence-corrected chi connectivity index (χ3v) is 5.43. The van der Waals surface area contributed by atoms with Crippen molar-refractivity contribution in [2.45, 2.75) is 32.1 Å². The van der Waals surface area contributed by atoms with Crippen LogP contribution >= 0.6 is 11.8 Å². The quantitative estimate of drug-likeness (QED) is 0.876. The van der Waals surface area contributed by atoms with Crippen molar-refractivity contribution < 1.29 is 9.59 Å². The Balaban J connectivity index is 1.85. The Morgan fingerprint density at radius 1 is 1.12 bits per heavy atom. The maximum absolute atomic E-state index is 12.4. The van der Waals surface area contributed by atoms with Crippen molar-refractivity contribution in [3.8, 4) is 0 Å². The molecule has 1 aliphatic heterocycles. The zero-order valence-electron chi connectivity index (χ0n) is 14.7. The van der Waals surface area contributed by atoms with E-state index in [-0.39, 0.29) is 17.2 Å². The molecule has 0 spiro atoms. The number of benzene rings is 2. The molecule has 1 saturated heterocycles. The number of hydrogen-bond acceptors (Lipinski definition) is 3. The van der Waals surface area contributed by atoms with Gasteiger partial charge in [0.15, 0.2) is 0 Å². The third-order valence-electron chi connectivity index (χ3n) is 4.22. The number of carbonyl (C=O) groups excluding carboxylic acids is 2. The van der Waals surface area contributed by atoms with E-state index in [1.54, 1.807) is 11.8 Å². The van der Waals surface area contributed by atoms with Crippen LogP contribution in [0, 0.1) is 0 Å². The van der Waals surface area contributed by atoms with Gasteiger partial charge in [0, 0.05) is 18.3 Å². The molecule has 0 aliphatic carbocycles. The minimum atomic E-state index is -0.0926. The first-order valence-corrected chi connectivity index (χ1v) is 9.42. The summed E-state index contributed by atoms with van der Waals surface area (Å²) in [6.45, 7) is 5.80. The lowest BCUT2D eigenvalue weighted by atomic mass is 10.0. The molecule has 4 nitrogen and oxygen atoms in total. The van der Waals surface area contributed by atoms with Crippen molar-refractivity contribution >= 4 is 35.0 Å². The SMILES string of the molecule is CC(=O)Nc1ccc([C@@H]2SCC(=O)N2c2ccc(C(C)C)cc2)cc1. The number of amides is 2. The Morgan fingerprint density at radius 2 is 1.76 bits per heavy atom. The summed E-state index contributed by atoms with van der Waals surface area (Å²) in [6.07, 6.45) is 0. The van der Waals surface area contributed by atoms with Gasteiger partial charge in [0.1, 0.15) is 5.37 Å². The molecule has 5 heteroatoms. The molecule has 1 aliphatic rings. The predicted molar refractivity (Wildman–Crippen MR) is 104 cm³/mol. The van der Waals surface area contributed by atoms with E-state index < -0.39 is 0 Å². The highest BCUT2D eigenvalue weighted by atomic mass is 32.2. The van der Waals surface area contributed by atoms with Crippen molar-refractivity contribution in [2.24, 2.45) is 0 Å². The number of thioether (sulfide) groups is 1. The van der Waals surface area contributed by atoms with Gasteiger partial charge >= 0.3 is 0 Å². The monoisotopic (exact) mass is 354 g/mol. The molecule has 2 amide bonds. The molecule has 1 atom stereocenters. The van der Waals surface area contributed by atoms with Crippen LogP contribution in [0.25, 0.3) is 0 Å². The summed E-state index contributed by atoms with van der Waals surface area (Å²) in [4.78, 5) is 25.4. The molecule has 0 bridgehead atoms. The van der Waals surface area contributed by atoms with Crippen LogP contribution in [0.5, 0.6) is 0 Å². The molecule has 0 saturated carbocycles. The fourth-order valence-corrected chi connectivity index (χ4v) is 4.08. The van der Waals surface area contributed by atoms with Gasteiger partial charge < -0.3 is 5.32 Å². The minimum Gasteiger partial charge on any atom is -0.326 e. The van der Waals surface area contributed by atoms with Gasteiger partial charge in [-0.2, -0.15) is 0 Å². The Morgan fingerprint density at radius 3 is 2.32 bits per heavy atom. The Hall–Kier alpha value is -2.27. The van der Waals surface area contributed by atoms with Crippen LogP contribution in [0.2, 0.25) is 0 Å². The van der Waals surface area contributed by atoms with Crippen LogP contribution in [0.1, 0.15) is 43.2 Å². The predicted octanol–water partition coefficient (Wildman–Crippen LogP) is 4.55. The molecule has 2 aromatic carbocycles. The Labute approximate surface area is 152 Å². The lowest BCUT2D eigenvalue weighted by molar-refractivity contribution is -0.116. The summed E-state index contributed by atoms with van der Waals surface area (Å²) in [7, 11) is 0. The molecule has 2 aromatic rings. The highest BCUT2D eigenvalue weighted by Gasteiger charge is 2.33. The summed E-state index contributed by atoms with van der Waals surface area (Å²) in [5.41, 5.74) is 4.01. The van der Waals surface area contributed by atoms with E-state index in [2.05, 4.69) is 31.3 Å². The lowest BCUT2D eigenvalue weighted by Gasteiger charge is -2.25. The molecule has 1 N–H and O–H groups in total. The van der Waals surface area contributed by atoms with Gasteiger partial charge in [-0.3, -0.25) is 14.5 Å². The van der Waals surface area contributed by atoms with E-state index in [9.17, 15) is 9.59 Å². The maximum Gasteiger partial charge on any atom is 0.238 e. The maximum atomic E-state index is 12.4. The zero-order valence-corrected chi connectivity index (χ0v) is 15.5. The number of rotatable bonds is 4. The normalized spacial score (nSPS) is 17.2. The molecule has 25 heavy (non-hydrogen) atoms. The van der Waals surface area contributed by atoms with Crippen molar-refractivity contribution in [3.05, 3.63) is 59.7 Å². The molecular weight excluding hydrogens is 332 g/mol.